The Morgan fingerprint density at radius 3 is 2.43 bits per heavy atom. The quantitative estimate of drug-likeness (QED) is 0.396. The number of hydrogen-bond acceptors (Lipinski definition) is 8. The summed E-state index contributed by atoms with van der Waals surface area (Å²) in [5.41, 5.74) is 0. The Balaban J connectivity index is 1.92. The van der Waals surface area contributed by atoms with Gasteiger partial charge in [0.15, 0.2) is 6.29 Å². The molecule has 5 N–H and O–H groups in total. The summed E-state index contributed by atoms with van der Waals surface area (Å²) in [6, 6.07) is 6.07. The van der Waals surface area contributed by atoms with Gasteiger partial charge in [0.1, 0.15) is 42.5 Å². The Morgan fingerprint density at radius 2 is 1.78 bits per heavy atom. The van der Waals surface area contributed by atoms with Gasteiger partial charge < -0.3 is 40.0 Å². The van der Waals surface area contributed by atoms with Crippen LogP contribution in [-0.4, -0.2) is 77.9 Å². The molecule has 1 aromatic carbocycles. The van der Waals surface area contributed by atoms with Crippen LogP contribution >= 0.6 is 0 Å². The van der Waals surface area contributed by atoms with Gasteiger partial charge in [-0.15, -0.1) is 0 Å². The zero-order valence-corrected chi connectivity index (χ0v) is 12.8. The normalized spacial score (nSPS) is 31.0. The van der Waals surface area contributed by atoms with E-state index < -0.39 is 30.7 Å². The van der Waals surface area contributed by atoms with Gasteiger partial charge in [-0.05, 0) is 31.3 Å². The van der Waals surface area contributed by atoms with Gasteiger partial charge in [-0.25, -0.2) is 0 Å². The van der Waals surface area contributed by atoms with E-state index in [-0.39, 0.29) is 19.0 Å². The van der Waals surface area contributed by atoms with E-state index in [0.29, 0.717) is 12.3 Å². The maximum atomic E-state index is 10.00. The van der Waals surface area contributed by atoms with E-state index in [1.807, 2.05) is 0 Å². The van der Waals surface area contributed by atoms with Crippen molar-refractivity contribution in [3.63, 3.8) is 0 Å². The zero-order valence-electron chi connectivity index (χ0n) is 12.8. The maximum Gasteiger partial charge on any atom is 0.186 e. The van der Waals surface area contributed by atoms with Crippen molar-refractivity contribution in [3.05, 3.63) is 24.3 Å². The number of rotatable bonds is 7. The summed E-state index contributed by atoms with van der Waals surface area (Å²) < 4.78 is 16.3. The minimum atomic E-state index is -1.39. The molecule has 0 amide bonds. The molecule has 0 bridgehead atoms. The van der Waals surface area contributed by atoms with Crippen molar-refractivity contribution in [3.8, 4) is 11.5 Å². The molecular formula is C15H23NO7. The fraction of sp³-hybridized carbons (Fsp3) is 0.600. The van der Waals surface area contributed by atoms with E-state index in [1.54, 1.807) is 19.2 Å². The molecule has 8 heteroatoms. The Labute approximate surface area is 134 Å². The molecule has 5 atom stereocenters. The molecule has 0 spiro atoms. The van der Waals surface area contributed by atoms with E-state index in [4.69, 9.17) is 14.2 Å². The smallest absolute Gasteiger partial charge is 0.186 e. The van der Waals surface area contributed by atoms with Crippen LogP contribution < -0.4 is 10.1 Å². The molecule has 0 aliphatic carbocycles. The van der Waals surface area contributed by atoms with Crippen molar-refractivity contribution >= 4 is 0 Å². The van der Waals surface area contributed by atoms with Gasteiger partial charge in [-0.1, -0.05) is 0 Å². The van der Waals surface area contributed by atoms with Crippen LogP contribution in [0.3, 0.4) is 0 Å². The van der Waals surface area contributed by atoms with Crippen LogP contribution in [-0.2, 0) is 9.47 Å². The highest BCUT2D eigenvalue weighted by atomic mass is 16.7. The molecule has 1 saturated heterocycles. The minimum Gasteiger partial charge on any atom is -0.508 e. The van der Waals surface area contributed by atoms with E-state index >= 15 is 0 Å². The summed E-state index contributed by atoms with van der Waals surface area (Å²) in [4.78, 5) is 0. The average molecular weight is 329 g/mol. The predicted molar refractivity (Wildman–Crippen MR) is 80.2 cm³/mol. The molecule has 8 nitrogen and oxygen atoms in total. The van der Waals surface area contributed by atoms with Crippen LogP contribution in [0.25, 0.3) is 0 Å². The van der Waals surface area contributed by atoms with E-state index in [1.165, 1.54) is 12.1 Å². The lowest BCUT2D eigenvalue weighted by Gasteiger charge is -2.40. The molecule has 0 aromatic heterocycles. The van der Waals surface area contributed by atoms with Gasteiger partial charge in [0.05, 0.1) is 6.61 Å². The van der Waals surface area contributed by atoms with Gasteiger partial charge in [0, 0.05) is 6.54 Å². The first-order chi connectivity index (χ1) is 11.0. The lowest BCUT2D eigenvalue weighted by molar-refractivity contribution is -0.299. The number of aliphatic hydroxyl groups is 3. The number of ether oxygens (including phenoxy) is 3. The van der Waals surface area contributed by atoms with Gasteiger partial charge in [0.2, 0.25) is 0 Å². The Kier molecular flexibility index (Phi) is 6.58. The largest absolute Gasteiger partial charge is 0.508 e. The first kappa shape index (κ1) is 17.9. The van der Waals surface area contributed by atoms with E-state index in [2.05, 4.69) is 5.32 Å². The third kappa shape index (κ3) is 4.77. The van der Waals surface area contributed by atoms with Crippen molar-refractivity contribution in [2.75, 3.05) is 26.8 Å². The fourth-order valence-corrected chi connectivity index (χ4v) is 2.19. The number of nitrogens with one attached hydrogen (secondary N) is 1. The molecule has 2 rings (SSSR count). The summed E-state index contributed by atoms with van der Waals surface area (Å²) in [5, 5.41) is 41.9. The van der Waals surface area contributed by atoms with Crippen molar-refractivity contribution < 1.29 is 34.6 Å². The van der Waals surface area contributed by atoms with E-state index in [0.717, 1.165) is 0 Å². The van der Waals surface area contributed by atoms with Crippen molar-refractivity contribution in [1.29, 1.82) is 0 Å². The summed E-state index contributed by atoms with van der Waals surface area (Å²) in [5.74, 6) is 0.592. The number of aromatic hydroxyl groups is 1. The maximum absolute atomic E-state index is 10.00. The van der Waals surface area contributed by atoms with Crippen LogP contribution in [0.4, 0.5) is 0 Å². The monoisotopic (exact) mass is 329 g/mol. The number of aliphatic hydroxyl groups excluding tert-OH is 3. The molecule has 0 radical (unpaired) electrons. The second-order valence-corrected chi connectivity index (χ2v) is 5.29. The van der Waals surface area contributed by atoms with Crippen LogP contribution in [0, 0.1) is 0 Å². The highest BCUT2D eigenvalue weighted by Crippen LogP contribution is 2.23. The molecule has 1 aliphatic heterocycles. The van der Waals surface area contributed by atoms with Crippen LogP contribution in [0.5, 0.6) is 11.5 Å². The van der Waals surface area contributed by atoms with Crippen molar-refractivity contribution in [1.82, 2.24) is 5.32 Å². The number of benzene rings is 1. The predicted octanol–water partition coefficient (Wildman–Crippen LogP) is -1.19. The van der Waals surface area contributed by atoms with Gasteiger partial charge in [-0.2, -0.15) is 0 Å². The molecule has 130 valence electrons. The molecule has 23 heavy (non-hydrogen) atoms. The summed E-state index contributed by atoms with van der Waals surface area (Å²) in [7, 11) is 1.76. The summed E-state index contributed by atoms with van der Waals surface area (Å²) >= 11 is 0. The second kappa shape index (κ2) is 8.44. The molecule has 1 aliphatic rings. The summed E-state index contributed by atoms with van der Waals surface area (Å²) in [6.45, 7) is 0.800. The third-order valence-corrected chi connectivity index (χ3v) is 3.55. The average Bonchev–Trinajstić information content (AvgIpc) is 2.55. The van der Waals surface area contributed by atoms with Crippen LogP contribution in [0.1, 0.15) is 0 Å². The SMILES string of the molecule is CNCCOC1OC(COc2ccc(O)cc2)C(O)C(O)C1O. The molecular weight excluding hydrogens is 306 g/mol. The topological polar surface area (TPSA) is 121 Å². The first-order valence-electron chi connectivity index (χ1n) is 7.40. The zero-order chi connectivity index (χ0) is 16.8. The fourth-order valence-electron chi connectivity index (χ4n) is 2.19. The standard InChI is InChI=1S/C15H23NO7/c1-16-6-7-21-15-14(20)13(19)12(18)11(23-15)8-22-10-4-2-9(17)3-5-10/h2-5,11-20H,6-8H2,1H3. The molecule has 1 heterocycles. The highest BCUT2D eigenvalue weighted by Gasteiger charge is 2.44. The molecule has 0 saturated carbocycles. The van der Waals surface area contributed by atoms with Gasteiger partial charge in [-0.3, -0.25) is 0 Å². The Hall–Kier alpha value is -1.42. The summed E-state index contributed by atoms with van der Waals surface area (Å²) in [6.07, 6.45) is -5.94. The second-order valence-electron chi connectivity index (χ2n) is 5.29. The molecule has 5 unspecified atom stereocenters. The van der Waals surface area contributed by atoms with Crippen molar-refractivity contribution in [2.45, 2.75) is 30.7 Å². The molecule has 1 aromatic rings. The van der Waals surface area contributed by atoms with Gasteiger partial charge >= 0.3 is 0 Å². The lowest BCUT2D eigenvalue weighted by atomic mass is 9.99. The molecule has 1 fully saturated rings. The van der Waals surface area contributed by atoms with E-state index in [9.17, 15) is 20.4 Å². The Bertz CT molecular complexity index is 469. The van der Waals surface area contributed by atoms with Crippen LogP contribution in [0.2, 0.25) is 0 Å². The minimum absolute atomic E-state index is 0.0401. The number of hydrogen-bond donors (Lipinski definition) is 5. The Morgan fingerprint density at radius 1 is 1.09 bits per heavy atom. The van der Waals surface area contributed by atoms with Crippen LogP contribution in [0.15, 0.2) is 24.3 Å². The number of phenolic OH excluding ortho intramolecular Hbond substituents is 1. The third-order valence-electron chi connectivity index (χ3n) is 3.55. The highest BCUT2D eigenvalue weighted by molar-refractivity contribution is 5.30. The number of likely N-dealkylation sites (N-methyl/N-ethyl adjacent to an activating group) is 1. The lowest BCUT2D eigenvalue weighted by Crippen LogP contribution is -2.59. The van der Waals surface area contributed by atoms with Crippen molar-refractivity contribution in [2.24, 2.45) is 0 Å². The first-order valence-corrected chi connectivity index (χ1v) is 7.40. The van der Waals surface area contributed by atoms with Gasteiger partial charge in [0.25, 0.3) is 0 Å². The number of phenols is 1.